The minimum absolute atomic E-state index is 0.275. The van der Waals surface area contributed by atoms with Crippen LogP contribution >= 0.6 is 0 Å². The zero-order valence-corrected chi connectivity index (χ0v) is 11.7. The molecule has 0 fully saturated rings. The van der Waals surface area contributed by atoms with E-state index in [2.05, 4.69) is 5.32 Å². The van der Waals surface area contributed by atoms with E-state index < -0.39 is 0 Å². The molecule has 0 saturated heterocycles. The number of nitrogens with two attached hydrogens (primary N) is 1. The summed E-state index contributed by atoms with van der Waals surface area (Å²) in [6, 6.07) is 11.1. The molecule has 21 heavy (non-hydrogen) atoms. The largest absolute Gasteiger partial charge is 0.462 e. The highest BCUT2D eigenvalue weighted by Crippen LogP contribution is 2.21. The molecule has 0 aromatic heterocycles. The van der Waals surface area contributed by atoms with E-state index in [0.29, 0.717) is 30.1 Å². The van der Waals surface area contributed by atoms with Crippen molar-refractivity contribution in [1.82, 2.24) is 0 Å². The van der Waals surface area contributed by atoms with Crippen LogP contribution < -0.4 is 11.1 Å². The van der Waals surface area contributed by atoms with Gasteiger partial charge < -0.3 is 15.8 Å². The summed E-state index contributed by atoms with van der Waals surface area (Å²) in [6.45, 7) is 2.56. The van der Waals surface area contributed by atoms with Crippen molar-refractivity contribution in [2.75, 3.05) is 17.7 Å². The quantitative estimate of drug-likeness (QED) is 0.655. The number of nitrogens with one attached hydrogen (secondary N) is 1. The van der Waals surface area contributed by atoms with Crippen LogP contribution in [0, 0.1) is 5.82 Å². The molecule has 0 spiro atoms. The number of nitrogen functional groups attached to an aromatic ring is 1. The lowest BCUT2D eigenvalue weighted by Gasteiger charge is -2.11. The first kappa shape index (κ1) is 14.8. The van der Waals surface area contributed by atoms with Gasteiger partial charge in [-0.1, -0.05) is 12.1 Å². The molecule has 0 aliphatic carbocycles. The molecule has 0 atom stereocenters. The number of benzene rings is 2. The molecule has 0 saturated carbocycles. The van der Waals surface area contributed by atoms with E-state index in [-0.39, 0.29) is 11.8 Å². The maximum Gasteiger partial charge on any atom is 0.338 e. The van der Waals surface area contributed by atoms with Crippen molar-refractivity contribution in [1.29, 1.82) is 0 Å². The molecule has 0 amide bonds. The fourth-order valence-electron chi connectivity index (χ4n) is 1.85. The second kappa shape index (κ2) is 6.74. The smallest absolute Gasteiger partial charge is 0.338 e. The van der Waals surface area contributed by atoms with Gasteiger partial charge >= 0.3 is 5.97 Å². The highest BCUT2D eigenvalue weighted by Gasteiger charge is 2.09. The molecule has 5 heteroatoms. The average Bonchev–Trinajstić information content (AvgIpc) is 2.48. The van der Waals surface area contributed by atoms with E-state index in [9.17, 15) is 9.18 Å². The Morgan fingerprint density at radius 2 is 1.95 bits per heavy atom. The lowest BCUT2D eigenvalue weighted by Crippen LogP contribution is -2.07. The molecular weight excluding hydrogens is 271 g/mol. The monoisotopic (exact) mass is 288 g/mol. The Bertz CT molecular complexity index is 627. The van der Waals surface area contributed by atoms with Gasteiger partial charge in [0.25, 0.3) is 0 Å². The number of anilines is 2. The van der Waals surface area contributed by atoms with Gasteiger partial charge in [-0.25, -0.2) is 9.18 Å². The molecule has 3 N–H and O–H groups in total. The Morgan fingerprint density at radius 3 is 2.62 bits per heavy atom. The highest BCUT2D eigenvalue weighted by molar-refractivity contribution is 5.92. The van der Waals surface area contributed by atoms with E-state index in [4.69, 9.17) is 10.5 Å². The minimum atomic E-state index is -0.387. The van der Waals surface area contributed by atoms with E-state index >= 15 is 0 Å². The Morgan fingerprint density at radius 1 is 1.24 bits per heavy atom. The van der Waals surface area contributed by atoms with Crippen molar-refractivity contribution in [2.24, 2.45) is 0 Å². The summed E-state index contributed by atoms with van der Waals surface area (Å²) in [7, 11) is 0. The van der Waals surface area contributed by atoms with Gasteiger partial charge in [-0.2, -0.15) is 0 Å². The summed E-state index contributed by atoms with van der Waals surface area (Å²) in [5.74, 6) is -0.662. The molecule has 0 radical (unpaired) electrons. The molecular formula is C16H17FN2O2. The van der Waals surface area contributed by atoms with Crippen LogP contribution in [0.25, 0.3) is 0 Å². The first-order valence-corrected chi connectivity index (χ1v) is 6.65. The second-order valence-electron chi connectivity index (χ2n) is 4.50. The van der Waals surface area contributed by atoms with Crippen LogP contribution in [-0.2, 0) is 11.3 Å². The number of hydrogen-bond donors (Lipinski definition) is 2. The number of ether oxygens (including phenoxy) is 1. The molecule has 0 aliphatic heterocycles. The van der Waals surface area contributed by atoms with Gasteiger partial charge in [-0.15, -0.1) is 0 Å². The average molecular weight is 288 g/mol. The van der Waals surface area contributed by atoms with E-state index in [1.54, 1.807) is 37.3 Å². The third-order valence-electron chi connectivity index (χ3n) is 2.96. The fraction of sp³-hybridized carbons (Fsp3) is 0.188. The zero-order chi connectivity index (χ0) is 15.2. The van der Waals surface area contributed by atoms with Crippen molar-refractivity contribution in [3.63, 3.8) is 0 Å². The Hall–Kier alpha value is -2.56. The summed E-state index contributed by atoms with van der Waals surface area (Å²) in [5.41, 5.74) is 8.41. The number of esters is 1. The Kier molecular flexibility index (Phi) is 4.77. The number of carbonyl (C=O) groups is 1. The fourth-order valence-corrected chi connectivity index (χ4v) is 1.85. The van der Waals surface area contributed by atoms with Crippen molar-refractivity contribution < 1.29 is 13.9 Å². The van der Waals surface area contributed by atoms with E-state index in [0.717, 1.165) is 5.56 Å². The van der Waals surface area contributed by atoms with E-state index in [1.807, 2.05) is 0 Å². The Labute approximate surface area is 122 Å². The number of hydrogen-bond acceptors (Lipinski definition) is 4. The van der Waals surface area contributed by atoms with Crippen molar-refractivity contribution in [3.05, 3.63) is 59.4 Å². The lowest BCUT2D eigenvalue weighted by atomic mass is 10.1. The van der Waals surface area contributed by atoms with Crippen molar-refractivity contribution in [2.45, 2.75) is 13.5 Å². The highest BCUT2D eigenvalue weighted by atomic mass is 19.1. The van der Waals surface area contributed by atoms with Crippen LogP contribution in [0.2, 0.25) is 0 Å². The molecule has 2 aromatic carbocycles. The van der Waals surface area contributed by atoms with Crippen molar-refractivity contribution in [3.8, 4) is 0 Å². The first-order valence-electron chi connectivity index (χ1n) is 6.65. The van der Waals surface area contributed by atoms with Crippen LogP contribution in [0.4, 0.5) is 15.8 Å². The summed E-state index contributed by atoms with van der Waals surface area (Å²) < 4.78 is 17.8. The third kappa shape index (κ3) is 3.95. The van der Waals surface area contributed by atoms with E-state index in [1.165, 1.54) is 12.1 Å². The van der Waals surface area contributed by atoms with Crippen LogP contribution in [0.15, 0.2) is 42.5 Å². The number of rotatable bonds is 5. The summed E-state index contributed by atoms with van der Waals surface area (Å²) in [6.07, 6.45) is 0. The normalized spacial score (nSPS) is 10.2. The molecule has 0 heterocycles. The topological polar surface area (TPSA) is 64.3 Å². The number of carbonyl (C=O) groups excluding carboxylic acids is 1. The third-order valence-corrected chi connectivity index (χ3v) is 2.96. The minimum Gasteiger partial charge on any atom is -0.462 e. The maximum atomic E-state index is 12.8. The van der Waals surface area contributed by atoms with Crippen molar-refractivity contribution >= 4 is 17.3 Å². The predicted molar refractivity (Wildman–Crippen MR) is 80.5 cm³/mol. The van der Waals surface area contributed by atoms with Crippen LogP contribution in [0.1, 0.15) is 22.8 Å². The van der Waals surface area contributed by atoms with Gasteiger partial charge in [0.1, 0.15) is 5.82 Å². The zero-order valence-electron chi connectivity index (χ0n) is 11.7. The van der Waals surface area contributed by atoms with Gasteiger partial charge in [0, 0.05) is 6.54 Å². The second-order valence-corrected chi connectivity index (χ2v) is 4.50. The standard InChI is InChI=1S/C16H17FN2O2/c1-2-21-16(20)12-5-8-14(18)15(9-12)19-10-11-3-6-13(17)7-4-11/h3-9,19H,2,10,18H2,1H3. The van der Waals surface area contributed by atoms with Gasteiger partial charge in [-0.3, -0.25) is 0 Å². The van der Waals surface area contributed by atoms with Gasteiger partial charge in [0.2, 0.25) is 0 Å². The first-order chi connectivity index (χ1) is 10.1. The van der Waals surface area contributed by atoms with Crippen LogP contribution in [-0.4, -0.2) is 12.6 Å². The SMILES string of the molecule is CCOC(=O)c1ccc(N)c(NCc2ccc(F)cc2)c1. The van der Waals surface area contributed by atoms with Crippen LogP contribution in [0.3, 0.4) is 0 Å². The summed E-state index contributed by atoms with van der Waals surface area (Å²) in [4.78, 5) is 11.7. The predicted octanol–water partition coefficient (Wildman–Crippen LogP) is 3.20. The molecule has 4 nitrogen and oxygen atoms in total. The van der Waals surface area contributed by atoms with Crippen LogP contribution in [0.5, 0.6) is 0 Å². The molecule has 110 valence electrons. The molecule has 0 unspecified atom stereocenters. The van der Waals surface area contributed by atoms with Gasteiger partial charge in [-0.05, 0) is 42.8 Å². The lowest BCUT2D eigenvalue weighted by molar-refractivity contribution is 0.0526. The molecule has 0 bridgehead atoms. The van der Waals surface area contributed by atoms with Gasteiger partial charge in [0.15, 0.2) is 0 Å². The molecule has 0 aliphatic rings. The summed E-state index contributed by atoms with van der Waals surface area (Å²) >= 11 is 0. The molecule has 2 aromatic rings. The number of halogens is 1. The van der Waals surface area contributed by atoms with Gasteiger partial charge in [0.05, 0.1) is 23.5 Å². The molecule has 2 rings (SSSR count). The summed E-state index contributed by atoms with van der Waals surface area (Å²) in [5, 5.41) is 3.13. The maximum absolute atomic E-state index is 12.8. The Balaban J connectivity index is 2.10.